The molecule has 1 aromatic heterocycles. The van der Waals surface area contributed by atoms with Crippen LogP contribution in [0.4, 0.5) is 10.1 Å². The summed E-state index contributed by atoms with van der Waals surface area (Å²) in [5, 5.41) is 2.53. The van der Waals surface area contributed by atoms with Crippen molar-refractivity contribution in [2.75, 3.05) is 11.9 Å². The SMILES string of the molecule is Cn1cccc1C(=O)Nc1ccc(C#CCN)cc1F. The lowest BCUT2D eigenvalue weighted by Crippen LogP contribution is -2.16. The molecule has 0 spiro atoms. The maximum absolute atomic E-state index is 13.9. The second-order valence-corrected chi connectivity index (χ2v) is 4.16. The number of nitrogens with two attached hydrogens (primary N) is 1. The lowest BCUT2D eigenvalue weighted by Gasteiger charge is -2.07. The van der Waals surface area contributed by atoms with Crippen molar-refractivity contribution in [2.24, 2.45) is 12.8 Å². The first kappa shape index (κ1) is 13.8. The van der Waals surface area contributed by atoms with Gasteiger partial charge >= 0.3 is 0 Å². The molecular formula is C15H14FN3O. The van der Waals surface area contributed by atoms with Crippen LogP contribution < -0.4 is 11.1 Å². The molecule has 4 nitrogen and oxygen atoms in total. The van der Waals surface area contributed by atoms with E-state index < -0.39 is 5.82 Å². The molecule has 20 heavy (non-hydrogen) atoms. The Bertz CT molecular complexity index is 695. The number of halogens is 1. The number of rotatable bonds is 2. The minimum absolute atomic E-state index is 0.120. The van der Waals surface area contributed by atoms with Crippen LogP contribution in [0.2, 0.25) is 0 Å². The number of anilines is 1. The van der Waals surface area contributed by atoms with Gasteiger partial charge in [-0.1, -0.05) is 11.8 Å². The van der Waals surface area contributed by atoms with Crippen molar-refractivity contribution in [3.8, 4) is 11.8 Å². The highest BCUT2D eigenvalue weighted by Gasteiger charge is 2.11. The van der Waals surface area contributed by atoms with Crippen LogP contribution in [0.1, 0.15) is 16.1 Å². The van der Waals surface area contributed by atoms with Gasteiger partial charge in [0.05, 0.1) is 12.2 Å². The number of carbonyl (C=O) groups is 1. The molecule has 102 valence electrons. The molecule has 0 aliphatic rings. The Balaban J connectivity index is 2.18. The van der Waals surface area contributed by atoms with Crippen LogP contribution in [-0.2, 0) is 7.05 Å². The predicted molar refractivity (Wildman–Crippen MR) is 75.7 cm³/mol. The van der Waals surface area contributed by atoms with Crippen LogP contribution in [0.5, 0.6) is 0 Å². The summed E-state index contributed by atoms with van der Waals surface area (Å²) >= 11 is 0. The highest BCUT2D eigenvalue weighted by Crippen LogP contribution is 2.16. The number of nitrogens with zero attached hydrogens (tertiary/aromatic N) is 1. The summed E-state index contributed by atoms with van der Waals surface area (Å²) < 4.78 is 15.5. The number of hydrogen-bond donors (Lipinski definition) is 2. The van der Waals surface area contributed by atoms with Crippen molar-refractivity contribution in [1.82, 2.24) is 4.57 Å². The van der Waals surface area contributed by atoms with Gasteiger partial charge in [-0.25, -0.2) is 4.39 Å². The van der Waals surface area contributed by atoms with E-state index in [4.69, 9.17) is 5.73 Å². The molecular weight excluding hydrogens is 257 g/mol. The molecule has 3 N–H and O–H groups in total. The summed E-state index contributed by atoms with van der Waals surface area (Å²) in [6, 6.07) is 7.79. The van der Waals surface area contributed by atoms with Gasteiger partial charge in [0.15, 0.2) is 0 Å². The Morgan fingerprint density at radius 1 is 1.45 bits per heavy atom. The number of aromatic nitrogens is 1. The van der Waals surface area contributed by atoms with Crippen molar-refractivity contribution >= 4 is 11.6 Å². The lowest BCUT2D eigenvalue weighted by atomic mass is 10.2. The van der Waals surface area contributed by atoms with Gasteiger partial charge in [-0.3, -0.25) is 4.79 Å². The normalized spacial score (nSPS) is 9.75. The zero-order chi connectivity index (χ0) is 14.5. The highest BCUT2D eigenvalue weighted by atomic mass is 19.1. The topological polar surface area (TPSA) is 60.0 Å². The van der Waals surface area contributed by atoms with E-state index in [0.29, 0.717) is 11.3 Å². The van der Waals surface area contributed by atoms with E-state index in [1.807, 2.05) is 0 Å². The largest absolute Gasteiger partial charge is 0.347 e. The van der Waals surface area contributed by atoms with Crippen molar-refractivity contribution in [2.45, 2.75) is 0 Å². The second-order valence-electron chi connectivity index (χ2n) is 4.16. The minimum Gasteiger partial charge on any atom is -0.347 e. The second kappa shape index (κ2) is 6.04. The Morgan fingerprint density at radius 3 is 2.85 bits per heavy atom. The van der Waals surface area contributed by atoms with Gasteiger partial charge in [-0.2, -0.15) is 0 Å². The van der Waals surface area contributed by atoms with Crippen LogP contribution in [0.25, 0.3) is 0 Å². The Hall–Kier alpha value is -2.58. The molecule has 0 fully saturated rings. The number of nitrogens with one attached hydrogen (secondary N) is 1. The quantitative estimate of drug-likeness (QED) is 0.817. The van der Waals surface area contributed by atoms with Gasteiger partial charge < -0.3 is 15.6 Å². The van der Waals surface area contributed by atoms with E-state index in [-0.39, 0.29) is 18.1 Å². The van der Waals surface area contributed by atoms with Gasteiger partial charge in [0.1, 0.15) is 11.5 Å². The molecule has 2 aromatic rings. The smallest absolute Gasteiger partial charge is 0.272 e. The molecule has 2 rings (SSSR count). The molecule has 0 aliphatic carbocycles. The van der Waals surface area contributed by atoms with E-state index in [0.717, 1.165) is 0 Å². The fraction of sp³-hybridized carbons (Fsp3) is 0.133. The Morgan fingerprint density at radius 2 is 2.25 bits per heavy atom. The van der Waals surface area contributed by atoms with Gasteiger partial charge in [0.2, 0.25) is 0 Å². The van der Waals surface area contributed by atoms with Crippen molar-refractivity contribution in [1.29, 1.82) is 0 Å². The molecule has 0 aliphatic heterocycles. The zero-order valence-electron chi connectivity index (χ0n) is 11.0. The third-order valence-corrected chi connectivity index (χ3v) is 2.73. The highest BCUT2D eigenvalue weighted by molar-refractivity contribution is 6.03. The maximum Gasteiger partial charge on any atom is 0.272 e. The van der Waals surface area contributed by atoms with Gasteiger partial charge in [0, 0.05) is 18.8 Å². The first-order valence-corrected chi connectivity index (χ1v) is 6.03. The third-order valence-electron chi connectivity index (χ3n) is 2.73. The number of carbonyl (C=O) groups excluding carboxylic acids is 1. The first-order valence-electron chi connectivity index (χ1n) is 6.03. The maximum atomic E-state index is 13.9. The van der Waals surface area contributed by atoms with E-state index in [2.05, 4.69) is 17.2 Å². The molecule has 5 heteroatoms. The number of amides is 1. The van der Waals surface area contributed by atoms with Crippen LogP contribution in [-0.4, -0.2) is 17.0 Å². The number of aryl methyl sites for hydroxylation is 1. The van der Waals surface area contributed by atoms with Crippen LogP contribution in [0, 0.1) is 17.7 Å². The van der Waals surface area contributed by atoms with Crippen LogP contribution in [0.3, 0.4) is 0 Å². The van der Waals surface area contributed by atoms with Crippen molar-refractivity contribution in [3.63, 3.8) is 0 Å². The summed E-state index contributed by atoms with van der Waals surface area (Å²) in [4.78, 5) is 12.0. The van der Waals surface area contributed by atoms with E-state index in [9.17, 15) is 9.18 Å². The summed E-state index contributed by atoms with van der Waals surface area (Å²) in [5.41, 5.74) is 6.35. The first-order chi connectivity index (χ1) is 9.61. The zero-order valence-corrected chi connectivity index (χ0v) is 11.0. The third kappa shape index (κ3) is 3.05. The van der Waals surface area contributed by atoms with Crippen LogP contribution in [0.15, 0.2) is 36.5 Å². The minimum atomic E-state index is -0.531. The molecule has 1 aromatic carbocycles. The Kier molecular flexibility index (Phi) is 4.18. The molecule has 0 radical (unpaired) electrons. The number of hydrogen-bond acceptors (Lipinski definition) is 2. The molecule has 0 saturated carbocycles. The fourth-order valence-electron chi connectivity index (χ4n) is 1.73. The molecule has 1 amide bonds. The molecule has 0 saturated heterocycles. The van der Waals surface area contributed by atoms with E-state index in [1.165, 1.54) is 12.1 Å². The summed E-state index contributed by atoms with van der Waals surface area (Å²) in [6.07, 6.45) is 1.75. The number of benzene rings is 1. The van der Waals surface area contributed by atoms with E-state index >= 15 is 0 Å². The van der Waals surface area contributed by atoms with Gasteiger partial charge in [-0.05, 0) is 30.3 Å². The summed E-state index contributed by atoms with van der Waals surface area (Å²) in [7, 11) is 1.75. The predicted octanol–water partition coefficient (Wildman–Crippen LogP) is 1.73. The lowest BCUT2D eigenvalue weighted by molar-refractivity contribution is 0.101. The summed E-state index contributed by atoms with van der Waals surface area (Å²) in [5.74, 6) is 4.48. The average molecular weight is 271 g/mol. The standard InChI is InChI=1S/C15H14FN3O/c1-19-9-3-5-14(19)15(20)18-13-7-6-11(4-2-8-17)10-12(13)16/h3,5-7,9-10H,8,17H2,1H3,(H,18,20). The van der Waals surface area contributed by atoms with E-state index in [1.54, 1.807) is 36.0 Å². The average Bonchev–Trinajstić information content (AvgIpc) is 2.85. The summed E-state index contributed by atoms with van der Waals surface area (Å²) in [6.45, 7) is 0.216. The fourth-order valence-corrected chi connectivity index (χ4v) is 1.73. The monoisotopic (exact) mass is 271 g/mol. The van der Waals surface area contributed by atoms with Crippen LogP contribution >= 0.6 is 0 Å². The van der Waals surface area contributed by atoms with Crippen molar-refractivity contribution < 1.29 is 9.18 Å². The molecule has 1 heterocycles. The molecule has 0 bridgehead atoms. The molecule has 0 atom stereocenters. The molecule has 0 unspecified atom stereocenters. The van der Waals surface area contributed by atoms with Gasteiger partial charge in [-0.15, -0.1) is 0 Å². The van der Waals surface area contributed by atoms with Crippen molar-refractivity contribution in [3.05, 3.63) is 53.6 Å². The Labute approximate surface area is 116 Å². The van der Waals surface area contributed by atoms with Gasteiger partial charge in [0.25, 0.3) is 5.91 Å².